The summed E-state index contributed by atoms with van der Waals surface area (Å²) in [5, 5.41) is 3.24. The molecule has 0 bridgehead atoms. The van der Waals surface area contributed by atoms with E-state index in [0.29, 0.717) is 22.9 Å². The third-order valence-electron chi connectivity index (χ3n) is 5.09. The molecule has 0 fully saturated rings. The molecular weight excluding hydrogens is 379 g/mol. The van der Waals surface area contributed by atoms with Gasteiger partial charge in [0, 0.05) is 23.2 Å². The molecule has 2 heterocycles. The number of hydrogen-bond donors (Lipinski definition) is 1. The number of aromatic nitrogens is 3. The minimum atomic E-state index is 0.598. The molecule has 0 spiro atoms. The van der Waals surface area contributed by atoms with E-state index in [-0.39, 0.29) is 0 Å². The number of rotatable bonds is 4. The van der Waals surface area contributed by atoms with Crippen molar-refractivity contribution in [3.8, 4) is 34.2 Å². The molecule has 1 N–H and O–H groups in total. The number of benzene rings is 3. The van der Waals surface area contributed by atoms with Crippen LogP contribution < -0.4 is 10.8 Å². The molecule has 0 saturated heterocycles. The van der Waals surface area contributed by atoms with Crippen molar-refractivity contribution in [2.45, 2.75) is 0 Å². The molecule has 5 rings (SSSR count). The molecule has 0 atom stereocenters. The summed E-state index contributed by atoms with van der Waals surface area (Å²) in [5.41, 5.74) is 5.63. The summed E-state index contributed by atoms with van der Waals surface area (Å²) in [5.74, 6) is 1.87. The Hall–Kier alpha value is -3.99. The predicted octanol–water partition coefficient (Wildman–Crippen LogP) is 4.17. The van der Waals surface area contributed by atoms with Crippen molar-refractivity contribution in [3.05, 3.63) is 103 Å². The number of nitrogens with one attached hydrogen (secondary N) is 1. The van der Waals surface area contributed by atoms with Gasteiger partial charge >= 0.3 is 0 Å². The van der Waals surface area contributed by atoms with Crippen LogP contribution in [0.3, 0.4) is 0 Å². The molecule has 0 amide bonds. The molecule has 4 nitrogen and oxygen atoms in total. The van der Waals surface area contributed by atoms with Gasteiger partial charge in [-0.2, -0.15) is 0 Å². The van der Waals surface area contributed by atoms with Crippen molar-refractivity contribution in [1.29, 1.82) is 0 Å². The van der Waals surface area contributed by atoms with Crippen LogP contribution in [0, 0.1) is 0 Å². The summed E-state index contributed by atoms with van der Waals surface area (Å²) in [4.78, 5) is 14.3. The fraction of sp³-hybridized carbons (Fsp3) is 0.0385. The second-order valence-electron chi connectivity index (χ2n) is 7.31. The first-order valence-corrected chi connectivity index (χ1v) is 10.1. The molecule has 3 aromatic carbocycles. The number of allylic oxidation sites excluding steroid dienone is 2. The smallest absolute Gasteiger partial charge is 0.164 e. The lowest BCUT2D eigenvalue weighted by molar-refractivity contribution is 0.986. The van der Waals surface area contributed by atoms with Crippen molar-refractivity contribution in [2.24, 2.45) is 0 Å². The molecule has 0 unspecified atom stereocenters. The van der Waals surface area contributed by atoms with E-state index in [1.54, 1.807) is 0 Å². The molecule has 2 radical (unpaired) electrons. The Bertz CT molecular complexity index is 1220. The number of nitrogens with zero attached hydrogens (tertiary/aromatic N) is 3. The van der Waals surface area contributed by atoms with Crippen LogP contribution in [0.4, 0.5) is 0 Å². The average Bonchev–Trinajstić information content (AvgIpc) is 2.85. The van der Waals surface area contributed by atoms with Gasteiger partial charge in [-0.3, -0.25) is 0 Å². The molecule has 0 aliphatic carbocycles. The first-order chi connectivity index (χ1) is 15.3. The van der Waals surface area contributed by atoms with Gasteiger partial charge in [0.2, 0.25) is 0 Å². The Kier molecular flexibility index (Phi) is 5.15. The van der Waals surface area contributed by atoms with E-state index in [4.69, 9.17) is 22.8 Å². The van der Waals surface area contributed by atoms with Crippen LogP contribution in [0.5, 0.6) is 0 Å². The first-order valence-electron chi connectivity index (χ1n) is 10.1. The highest BCUT2D eigenvalue weighted by Crippen LogP contribution is 2.26. The maximum absolute atomic E-state index is 6.26. The van der Waals surface area contributed by atoms with Crippen molar-refractivity contribution in [2.75, 3.05) is 6.54 Å². The van der Waals surface area contributed by atoms with E-state index in [0.717, 1.165) is 34.4 Å². The zero-order valence-corrected chi connectivity index (χ0v) is 16.9. The first kappa shape index (κ1) is 19.0. The van der Waals surface area contributed by atoms with Crippen LogP contribution >= 0.6 is 0 Å². The molecule has 0 saturated carbocycles. The summed E-state index contributed by atoms with van der Waals surface area (Å²) >= 11 is 0. The van der Waals surface area contributed by atoms with E-state index >= 15 is 0 Å². The van der Waals surface area contributed by atoms with Crippen LogP contribution in [0.25, 0.3) is 39.7 Å². The maximum atomic E-state index is 6.26. The SMILES string of the molecule is [B]c1cc(C2=CC=CNC2)cc(-c2nc(-c3ccccc3)nc(-c3ccccc3)n2)c1. The van der Waals surface area contributed by atoms with Crippen LogP contribution in [0.2, 0.25) is 0 Å². The normalized spacial score (nSPS) is 12.8. The maximum Gasteiger partial charge on any atom is 0.164 e. The van der Waals surface area contributed by atoms with Crippen LogP contribution in [-0.4, -0.2) is 29.3 Å². The van der Waals surface area contributed by atoms with E-state index in [9.17, 15) is 0 Å². The van der Waals surface area contributed by atoms with Gasteiger partial charge in [0.1, 0.15) is 7.85 Å². The van der Waals surface area contributed by atoms with Crippen LogP contribution in [0.1, 0.15) is 5.56 Å². The molecule has 1 aliphatic rings. The topological polar surface area (TPSA) is 50.7 Å². The highest BCUT2D eigenvalue weighted by Gasteiger charge is 2.14. The second-order valence-corrected chi connectivity index (χ2v) is 7.31. The highest BCUT2D eigenvalue weighted by molar-refractivity contribution is 6.32. The van der Waals surface area contributed by atoms with Crippen molar-refractivity contribution in [3.63, 3.8) is 0 Å². The summed E-state index contributed by atoms with van der Waals surface area (Å²) in [6, 6.07) is 25.9. The standard InChI is InChI=1S/C26H19BN4/c27-23-15-21(20-12-7-13-28-17-20)14-22(16-23)26-30-24(18-8-3-1-4-9-18)29-25(31-26)19-10-5-2-6-11-19/h1-16,28H,17H2. The van der Waals surface area contributed by atoms with Gasteiger partial charge in [0.15, 0.2) is 17.5 Å². The van der Waals surface area contributed by atoms with Gasteiger partial charge in [-0.15, -0.1) is 0 Å². The minimum Gasteiger partial charge on any atom is -0.387 e. The van der Waals surface area contributed by atoms with Crippen LogP contribution in [-0.2, 0) is 0 Å². The zero-order valence-electron chi connectivity index (χ0n) is 16.9. The monoisotopic (exact) mass is 398 g/mol. The fourth-order valence-electron chi connectivity index (χ4n) is 3.56. The van der Waals surface area contributed by atoms with Gasteiger partial charge in [-0.05, 0) is 29.5 Å². The van der Waals surface area contributed by atoms with Gasteiger partial charge in [-0.1, -0.05) is 84.3 Å². The lowest BCUT2D eigenvalue weighted by atomic mass is 9.89. The zero-order chi connectivity index (χ0) is 21.0. The Balaban J connectivity index is 1.68. The predicted molar refractivity (Wildman–Crippen MR) is 127 cm³/mol. The Morgan fingerprint density at radius 3 is 1.74 bits per heavy atom. The quantitative estimate of drug-likeness (QED) is 0.525. The molecular formula is C26H19BN4. The summed E-state index contributed by atoms with van der Waals surface area (Å²) in [6.45, 7) is 0.751. The highest BCUT2D eigenvalue weighted by atomic mass is 15.0. The van der Waals surface area contributed by atoms with Crippen LogP contribution in [0.15, 0.2) is 97.2 Å². The largest absolute Gasteiger partial charge is 0.387 e. The van der Waals surface area contributed by atoms with Gasteiger partial charge < -0.3 is 5.32 Å². The number of dihydropyridines is 1. The summed E-state index contributed by atoms with van der Waals surface area (Å²) < 4.78 is 0. The van der Waals surface area contributed by atoms with Gasteiger partial charge in [0.05, 0.1) is 0 Å². The summed E-state index contributed by atoms with van der Waals surface area (Å²) in [6.07, 6.45) is 6.01. The Morgan fingerprint density at radius 2 is 1.19 bits per heavy atom. The average molecular weight is 398 g/mol. The molecule has 146 valence electrons. The lowest BCUT2D eigenvalue weighted by Crippen LogP contribution is -2.14. The van der Waals surface area contributed by atoms with Gasteiger partial charge in [0.25, 0.3) is 0 Å². The second kappa shape index (κ2) is 8.40. The van der Waals surface area contributed by atoms with E-state index < -0.39 is 0 Å². The van der Waals surface area contributed by atoms with E-state index in [2.05, 4.69) is 17.5 Å². The third kappa shape index (κ3) is 4.17. The molecule has 4 aromatic rings. The molecule has 5 heteroatoms. The van der Waals surface area contributed by atoms with Crippen molar-refractivity contribution < 1.29 is 0 Å². The Labute approximate surface area is 182 Å². The fourth-order valence-corrected chi connectivity index (χ4v) is 3.56. The number of hydrogen-bond acceptors (Lipinski definition) is 4. The molecule has 1 aromatic heterocycles. The summed E-state index contributed by atoms with van der Waals surface area (Å²) in [7, 11) is 6.26. The molecule has 31 heavy (non-hydrogen) atoms. The van der Waals surface area contributed by atoms with E-state index in [1.807, 2.05) is 85.1 Å². The van der Waals surface area contributed by atoms with Gasteiger partial charge in [-0.25, -0.2) is 15.0 Å². The Morgan fingerprint density at radius 1 is 0.645 bits per heavy atom. The van der Waals surface area contributed by atoms with Crippen molar-refractivity contribution >= 4 is 18.9 Å². The molecule has 1 aliphatic heterocycles. The van der Waals surface area contributed by atoms with Crippen molar-refractivity contribution in [1.82, 2.24) is 20.3 Å². The minimum absolute atomic E-state index is 0.598. The lowest BCUT2D eigenvalue weighted by Gasteiger charge is -2.14. The van der Waals surface area contributed by atoms with E-state index in [1.165, 1.54) is 0 Å². The third-order valence-corrected chi connectivity index (χ3v) is 5.09.